The van der Waals surface area contributed by atoms with E-state index in [1.54, 1.807) is 0 Å². The number of ether oxygens (including phenoxy) is 1. The highest BCUT2D eigenvalue weighted by Gasteiger charge is 2.20. The summed E-state index contributed by atoms with van der Waals surface area (Å²) in [6.07, 6.45) is 8.78. The second-order valence-electron chi connectivity index (χ2n) is 5.76. The summed E-state index contributed by atoms with van der Waals surface area (Å²) in [5.74, 6) is 0.888. The molecule has 2 rings (SSSR count). The zero-order chi connectivity index (χ0) is 12.8. The third kappa shape index (κ3) is 4.58. The number of nitrogens with two attached hydrogens (primary N) is 1. The van der Waals surface area contributed by atoms with E-state index in [0.29, 0.717) is 24.9 Å². The lowest BCUT2D eigenvalue weighted by atomic mass is 9.84. The van der Waals surface area contributed by atoms with Gasteiger partial charge in [-0.05, 0) is 50.9 Å². The Labute approximate surface area is 110 Å². The number of rotatable bonds is 5. The topological polar surface area (TPSA) is 64.4 Å². The van der Waals surface area contributed by atoms with Crippen LogP contribution in [-0.4, -0.2) is 31.2 Å². The predicted molar refractivity (Wildman–Crippen MR) is 71.2 cm³/mol. The van der Waals surface area contributed by atoms with E-state index >= 15 is 0 Å². The fraction of sp³-hybridized carbons (Fsp3) is 0.929. The molecule has 0 spiro atoms. The molecule has 18 heavy (non-hydrogen) atoms. The van der Waals surface area contributed by atoms with Gasteiger partial charge in [0.15, 0.2) is 0 Å². The fourth-order valence-corrected chi connectivity index (χ4v) is 2.93. The SMILES string of the molecule is NC1CCC(CCC(=O)NCC2CCCO2)CC1. The maximum absolute atomic E-state index is 11.7. The van der Waals surface area contributed by atoms with Crippen molar-refractivity contribution in [1.82, 2.24) is 5.32 Å². The summed E-state index contributed by atoms with van der Waals surface area (Å²) < 4.78 is 5.48. The van der Waals surface area contributed by atoms with Crippen LogP contribution in [0, 0.1) is 5.92 Å². The molecule has 0 aromatic carbocycles. The number of hydrogen-bond donors (Lipinski definition) is 2. The van der Waals surface area contributed by atoms with Crippen LogP contribution >= 0.6 is 0 Å². The zero-order valence-corrected chi connectivity index (χ0v) is 11.2. The third-order valence-electron chi connectivity index (χ3n) is 4.22. The Balaban J connectivity index is 1.54. The van der Waals surface area contributed by atoms with Crippen LogP contribution in [0.1, 0.15) is 51.4 Å². The van der Waals surface area contributed by atoms with Crippen LogP contribution in [0.4, 0.5) is 0 Å². The normalized spacial score (nSPS) is 32.4. The maximum atomic E-state index is 11.7. The predicted octanol–water partition coefficient (Wildman–Crippen LogP) is 1.58. The Bertz CT molecular complexity index is 257. The number of hydrogen-bond acceptors (Lipinski definition) is 3. The first-order valence-electron chi connectivity index (χ1n) is 7.38. The quantitative estimate of drug-likeness (QED) is 0.783. The van der Waals surface area contributed by atoms with Crippen molar-refractivity contribution in [3.63, 3.8) is 0 Å². The lowest BCUT2D eigenvalue weighted by Crippen LogP contribution is -2.32. The standard InChI is InChI=1S/C14H26N2O2/c15-12-6-3-11(4-7-12)5-8-14(17)16-10-13-2-1-9-18-13/h11-13H,1-10,15H2,(H,16,17). The van der Waals surface area contributed by atoms with Crippen molar-refractivity contribution in [3.8, 4) is 0 Å². The first-order valence-corrected chi connectivity index (χ1v) is 7.38. The lowest BCUT2D eigenvalue weighted by molar-refractivity contribution is -0.121. The van der Waals surface area contributed by atoms with E-state index in [4.69, 9.17) is 10.5 Å². The number of nitrogens with one attached hydrogen (secondary N) is 1. The van der Waals surface area contributed by atoms with Gasteiger partial charge in [0.25, 0.3) is 0 Å². The molecular weight excluding hydrogens is 228 g/mol. The molecule has 1 saturated heterocycles. The lowest BCUT2D eigenvalue weighted by Gasteiger charge is -2.25. The largest absolute Gasteiger partial charge is 0.376 e. The number of carbonyl (C=O) groups excluding carboxylic acids is 1. The second kappa shape index (κ2) is 7.10. The first kappa shape index (κ1) is 13.8. The van der Waals surface area contributed by atoms with Crippen molar-refractivity contribution >= 4 is 5.91 Å². The van der Waals surface area contributed by atoms with Gasteiger partial charge in [0.2, 0.25) is 5.91 Å². The fourth-order valence-electron chi connectivity index (χ4n) is 2.93. The zero-order valence-electron chi connectivity index (χ0n) is 11.2. The van der Waals surface area contributed by atoms with Gasteiger partial charge in [-0.15, -0.1) is 0 Å². The Hall–Kier alpha value is -0.610. The second-order valence-corrected chi connectivity index (χ2v) is 5.76. The molecular formula is C14H26N2O2. The molecule has 1 heterocycles. The van der Waals surface area contributed by atoms with Crippen LogP contribution in [0.15, 0.2) is 0 Å². The molecule has 2 aliphatic rings. The highest BCUT2D eigenvalue weighted by atomic mass is 16.5. The van der Waals surface area contributed by atoms with E-state index in [1.807, 2.05) is 0 Å². The summed E-state index contributed by atoms with van der Waals surface area (Å²) in [5, 5.41) is 2.98. The average Bonchev–Trinajstić information content (AvgIpc) is 2.89. The summed E-state index contributed by atoms with van der Waals surface area (Å²) in [7, 11) is 0. The van der Waals surface area contributed by atoms with Crippen LogP contribution in [-0.2, 0) is 9.53 Å². The van der Waals surface area contributed by atoms with E-state index in [0.717, 1.165) is 38.7 Å². The van der Waals surface area contributed by atoms with Gasteiger partial charge < -0.3 is 15.8 Å². The molecule has 4 heteroatoms. The van der Waals surface area contributed by atoms with Crippen LogP contribution in [0.3, 0.4) is 0 Å². The van der Waals surface area contributed by atoms with Crippen molar-refractivity contribution in [2.45, 2.75) is 63.5 Å². The van der Waals surface area contributed by atoms with Gasteiger partial charge >= 0.3 is 0 Å². The molecule has 1 aliphatic carbocycles. The molecule has 0 aromatic heterocycles. The molecule has 1 amide bonds. The van der Waals surface area contributed by atoms with Crippen LogP contribution in [0.2, 0.25) is 0 Å². The van der Waals surface area contributed by atoms with E-state index in [1.165, 1.54) is 12.8 Å². The van der Waals surface area contributed by atoms with Crippen LogP contribution in [0.25, 0.3) is 0 Å². The summed E-state index contributed by atoms with van der Waals surface area (Å²) >= 11 is 0. The number of amides is 1. The van der Waals surface area contributed by atoms with Gasteiger partial charge in [0.1, 0.15) is 0 Å². The molecule has 1 aliphatic heterocycles. The maximum Gasteiger partial charge on any atom is 0.220 e. The van der Waals surface area contributed by atoms with Gasteiger partial charge in [-0.1, -0.05) is 0 Å². The minimum atomic E-state index is 0.181. The van der Waals surface area contributed by atoms with E-state index in [9.17, 15) is 4.79 Å². The minimum Gasteiger partial charge on any atom is -0.376 e. The van der Waals surface area contributed by atoms with Gasteiger partial charge in [-0.25, -0.2) is 0 Å². The van der Waals surface area contributed by atoms with Crippen molar-refractivity contribution in [2.24, 2.45) is 11.7 Å². The van der Waals surface area contributed by atoms with Crippen LogP contribution in [0.5, 0.6) is 0 Å². The molecule has 1 saturated carbocycles. The summed E-state index contributed by atoms with van der Waals surface area (Å²) in [6.45, 7) is 1.54. The van der Waals surface area contributed by atoms with Crippen molar-refractivity contribution in [1.29, 1.82) is 0 Å². The van der Waals surface area contributed by atoms with Crippen molar-refractivity contribution in [3.05, 3.63) is 0 Å². The molecule has 104 valence electrons. The Morgan fingerprint density at radius 3 is 2.67 bits per heavy atom. The first-order chi connectivity index (χ1) is 8.74. The van der Waals surface area contributed by atoms with Gasteiger partial charge in [-0.3, -0.25) is 4.79 Å². The molecule has 1 unspecified atom stereocenters. The number of carbonyl (C=O) groups is 1. The molecule has 0 radical (unpaired) electrons. The molecule has 2 fully saturated rings. The average molecular weight is 254 g/mol. The highest BCUT2D eigenvalue weighted by molar-refractivity contribution is 5.75. The smallest absolute Gasteiger partial charge is 0.220 e. The summed E-state index contributed by atoms with van der Waals surface area (Å²) in [4.78, 5) is 11.7. The molecule has 0 aromatic rings. The van der Waals surface area contributed by atoms with Crippen molar-refractivity contribution in [2.75, 3.05) is 13.2 Å². The van der Waals surface area contributed by atoms with E-state index in [2.05, 4.69) is 5.32 Å². The van der Waals surface area contributed by atoms with E-state index in [-0.39, 0.29) is 12.0 Å². The van der Waals surface area contributed by atoms with Crippen molar-refractivity contribution < 1.29 is 9.53 Å². The van der Waals surface area contributed by atoms with Gasteiger partial charge in [0, 0.05) is 25.6 Å². The monoisotopic (exact) mass is 254 g/mol. The molecule has 3 N–H and O–H groups in total. The van der Waals surface area contributed by atoms with Gasteiger partial charge in [-0.2, -0.15) is 0 Å². The Morgan fingerprint density at radius 2 is 2.00 bits per heavy atom. The summed E-state index contributed by atoms with van der Waals surface area (Å²) in [6, 6.07) is 0.398. The molecule has 4 nitrogen and oxygen atoms in total. The van der Waals surface area contributed by atoms with Crippen LogP contribution < -0.4 is 11.1 Å². The third-order valence-corrected chi connectivity index (χ3v) is 4.22. The highest BCUT2D eigenvalue weighted by Crippen LogP contribution is 2.26. The Kier molecular flexibility index (Phi) is 5.45. The van der Waals surface area contributed by atoms with Gasteiger partial charge in [0.05, 0.1) is 6.10 Å². The van der Waals surface area contributed by atoms with E-state index < -0.39 is 0 Å². The molecule has 1 atom stereocenters. The molecule has 0 bridgehead atoms. The minimum absolute atomic E-state index is 0.181. The Morgan fingerprint density at radius 1 is 1.22 bits per heavy atom. The summed E-state index contributed by atoms with van der Waals surface area (Å²) in [5.41, 5.74) is 5.88.